The van der Waals surface area contributed by atoms with Crippen molar-refractivity contribution in [3.8, 4) is 0 Å². The van der Waals surface area contributed by atoms with Crippen LogP contribution in [0.15, 0.2) is 24.3 Å². The minimum atomic E-state index is -0.565. The van der Waals surface area contributed by atoms with Gasteiger partial charge in [0.15, 0.2) is 0 Å². The highest BCUT2D eigenvalue weighted by molar-refractivity contribution is 5.86. The van der Waals surface area contributed by atoms with E-state index in [9.17, 15) is 9.59 Å². The molecule has 2 aliphatic heterocycles. The number of benzene rings is 1. The van der Waals surface area contributed by atoms with Crippen molar-refractivity contribution in [1.29, 1.82) is 0 Å². The van der Waals surface area contributed by atoms with Gasteiger partial charge in [0.25, 0.3) is 0 Å². The maximum absolute atomic E-state index is 12.6. The molecule has 3 rings (SSSR count). The van der Waals surface area contributed by atoms with Gasteiger partial charge in [0.2, 0.25) is 5.91 Å². The molecule has 0 saturated carbocycles. The highest BCUT2D eigenvalue weighted by atomic mass is 16.6. The molecule has 6 heteroatoms. The molecule has 142 valence electrons. The number of nitrogens with one attached hydrogen (secondary N) is 1. The molecule has 1 fully saturated rings. The molecule has 2 atom stereocenters. The van der Waals surface area contributed by atoms with Crippen LogP contribution in [0.25, 0.3) is 0 Å². The van der Waals surface area contributed by atoms with E-state index in [1.54, 1.807) is 0 Å². The summed E-state index contributed by atoms with van der Waals surface area (Å²) < 4.78 is 11.3. The van der Waals surface area contributed by atoms with Crippen molar-refractivity contribution in [3.63, 3.8) is 0 Å². The predicted octanol–water partition coefficient (Wildman–Crippen LogP) is 2.64. The molecule has 0 aliphatic carbocycles. The van der Waals surface area contributed by atoms with Gasteiger partial charge < -0.3 is 14.8 Å². The molecule has 26 heavy (non-hydrogen) atoms. The topological polar surface area (TPSA) is 67.9 Å². The third kappa shape index (κ3) is 4.55. The van der Waals surface area contributed by atoms with Crippen molar-refractivity contribution in [2.45, 2.75) is 64.4 Å². The van der Waals surface area contributed by atoms with E-state index in [0.717, 1.165) is 12.8 Å². The van der Waals surface area contributed by atoms with E-state index in [-0.39, 0.29) is 12.0 Å². The fraction of sp³-hybridized carbons (Fsp3) is 0.600. The summed E-state index contributed by atoms with van der Waals surface area (Å²) in [5.41, 5.74) is 1.92. The van der Waals surface area contributed by atoms with Crippen LogP contribution in [0.2, 0.25) is 0 Å². The van der Waals surface area contributed by atoms with Crippen molar-refractivity contribution >= 4 is 12.0 Å². The first-order valence-corrected chi connectivity index (χ1v) is 9.29. The number of ether oxygens (including phenoxy) is 2. The highest BCUT2D eigenvalue weighted by Gasteiger charge is 2.36. The van der Waals surface area contributed by atoms with Gasteiger partial charge >= 0.3 is 6.09 Å². The molecule has 2 amide bonds. The van der Waals surface area contributed by atoms with Crippen LogP contribution in [0.3, 0.4) is 0 Å². The Morgan fingerprint density at radius 3 is 2.73 bits per heavy atom. The lowest BCUT2D eigenvalue weighted by Crippen LogP contribution is -2.49. The smallest absolute Gasteiger partial charge is 0.410 e. The summed E-state index contributed by atoms with van der Waals surface area (Å²) >= 11 is 0. The van der Waals surface area contributed by atoms with Gasteiger partial charge in [-0.1, -0.05) is 24.3 Å². The molecule has 1 saturated heterocycles. The summed E-state index contributed by atoms with van der Waals surface area (Å²) in [6.45, 7) is 7.06. The van der Waals surface area contributed by atoms with E-state index < -0.39 is 17.7 Å². The van der Waals surface area contributed by atoms with E-state index in [1.165, 1.54) is 16.0 Å². The molecule has 2 unspecified atom stereocenters. The van der Waals surface area contributed by atoms with Gasteiger partial charge in [-0.25, -0.2) is 4.79 Å². The van der Waals surface area contributed by atoms with Crippen molar-refractivity contribution in [2.75, 3.05) is 13.1 Å². The minimum Gasteiger partial charge on any atom is -0.444 e. The summed E-state index contributed by atoms with van der Waals surface area (Å²) in [7, 11) is 0. The van der Waals surface area contributed by atoms with Crippen molar-refractivity contribution in [2.24, 2.45) is 0 Å². The van der Waals surface area contributed by atoms with Gasteiger partial charge in [-0.2, -0.15) is 0 Å². The number of carbonyl (C=O) groups excluding carboxylic acids is 2. The molecule has 2 heterocycles. The Morgan fingerprint density at radius 2 is 2.00 bits per heavy atom. The molecule has 1 N–H and O–H groups in total. The molecular weight excluding hydrogens is 332 g/mol. The van der Waals surface area contributed by atoms with Crippen molar-refractivity contribution < 1.29 is 19.1 Å². The number of hydrogen-bond donors (Lipinski definition) is 1. The largest absolute Gasteiger partial charge is 0.444 e. The molecule has 0 spiro atoms. The van der Waals surface area contributed by atoms with E-state index in [2.05, 4.69) is 17.4 Å². The number of rotatable bonds is 3. The number of fused-ring (bicyclic) bond motifs is 1. The summed E-state index contributed by atoms with van der Waals surface area (Å²) in [6, 6.07) is 7.75. The average molecular weight is 360 g/mol. The number of carbonyl (C=O) groups is 2. The van der Waals surface area contributed by atoms with Crippen LogP contribution in [0.1, 0.15) is 44.7 Å². The zero-order valence-corrected chi connectivity index (χ0v) is 15.8. The maximum Gasteiger partial charge on any atom is 0.410 e. The lowest BCUT2D eigenvalue weighted by molar-refractivity contribution is -0.126. The molecule has 1 aromatic carbocycles. The van der Waals surface area contributed by atoms with Crippen LogP contribution >= 0.6 is 0 Å². The number of amides is 2. The van der Waals surface area contributed by atoms with Crippen LogP contribution in [0, 0.1) is 0 Å². The Kier molecular flexibility index (Phi) is 5.51. The van der Waals surface area contributed by atoms with E-state index >= 15 is 0 Å². The van der Waals surface area contributed by atoms with Crippen LogP contribution in [0.5, 0.6) is 0 Å². The monoisotopic (exact) mass is 360 g/mol. The van der Waals surface area contributed by atoms with Crippen LogP contribution in [-0.4, -0.2) is 47.7 Å². The fourth-order valence-corrected chi connectivity index (χ4v) is 3.45. The van der Waals surface area contributed by atoms with Gasteiger partial charge in [0.1, 0.15) is 11.6 Å². The van der Waals surface area contributed by atoms with Gasteiger partial charge in [-0.05, 0) is 44.7 Å². The summed E-state index contributed by atoms with van der Waals surface area (Å²) in [5, 5.41) is 2.96. The van der Waals surface area contributed by atoms with E-state index in [0.29, 0.717) is 26.1 Å². The zero-order valence-electron chi connectivity index (χ0n) is 15.8. The quantitative estimate of drug-likeness (QED) is 0.900. The van der Waals surface area contributed by atoms with Crippen LogP contribution in [0.4, 0.5) is 4.79 Å². The Morgan fingerprint density at radius 1 is 1.27 bits per heavy atom. The standard InChI is InChI=1S/C20H28N2O4/c1-20(2,3)26-19(24)22-10-6-9-17(22)18(23)21-12-16-11-14-7-4-5-8-15(14)13-25-16/h4-5,7-8,16-17H,6,9-13H2,1-3H3,(H,21,23). The first-order chi connectivity index (χ1) is 12.3. The first-order valence-electron chi connectivity index (χ1n) is 9.29. The Bertz CT molecular complexity index is 668. The summed E-state index contributed by atoms with van der Waals surface area (Å²) in [4.78, 5) is 26.5. The molecule has 0 aromatic heterocycles. The molecule has 0 bridgehead atoms. The SMILES string of the molecule is CC(C)(C)OC(=O)N1CCCC1C(=O)NCC1Cc2ccccc2CO1. The molecule has 0 radical (unpaired) electrons. The number of nitrogens with zero attached hydrogens (tertiary/aromatic N) is 1. The highest BCUT2D eigenvalue weighted by Crippen LogP contribution is 2.22. The summed E-state index contributed by atoms with van der Waals surface area (Å²) in [5.74, 6) is -0.129. The van der Waals surface area contributed by atoms with Gasteiger partial charge in [-0.3, -0.25) is 9.69 Å². The van der Waals surface area contributed by atoms with Gasteiger partial charge in [0.05, 0.1) is 12.7 Å². The number of likely N-dealkylation sites (tertiary alicyclic amines) is 1. The Hall–Kier alpha value is -2.08. The second-order valence-electron chi connectivity index (χ2n) is 7.98. The lowest BCUT2D eigenvalue weighted by Gasteiger charge is -2.29. The Balaban J connectivity index is 1.52. The van der Waals surface area contributed by atoms with Crippen molar-refractivity contribution in [3.05, 3.63) is 35.4 Å². The molecular formula is C20H28N2O4. The lowest BCUT2D eigenvalue weighted by atomic mass is 9.99. The summed E-state index contributed by atoms with van der Waals surface area (Å²) in [6.07, 6.45) is 1.81. The molecule has 6 nitrogen and oxygen atoms in total. The third-order valence-electron chi connectivity index (χ3n) is 4.73. The first kappa shape index (κ1) is 18.7. The third-order valence-corrected chi connectivity index (χ3v) is 4.73. The second kappa shape index (κ2) is 7.66. The van der Waals surface area contributed by atoms with Gasteiger partial charge in [-0.15, -0.1) is 0 Å². The normalized spacial score (nSPS) is 22.7. The predicted molar refractivity (Wildman–Crippen MR) is 97.7 cm³/mol. The fourth-order valence-electron chi connectivity index (χ4n) is 3.45. The van der Waals surface area contributed by atoms with Crippen molar-refractivity contribution in [1.82, 2.24) is 10.2 Å². The van der Waals surface area contributed by atoms with Crippen LogP contribution in [-0.2, 0) is 27.3 Å². The van der Waals surface area contributed by atoms with Gasteiger partial charge in [0, 0.05) is 19.5 Å². The second-order valence-corrected chi connectivity index (χ2v) is 7.98. The minimum absolute atomic E-state index is 0.0368. The maximum atomic E-state index is 12.6. The average Bonchev–Trinajstić information content (AvgIpc) is 3.08. The van der Waals surface area contributed by atoms with Crippen LogP contribution < -0.4 is 5.32 Å². The van der Waals surface area contributed by atoms with E-state index in [4.69, 9.17) is 9.47 Å². The molecule has 2 aliphatic rings. The van der Waals surface area contributed by atoms with E-state index in [1.807, 2.05) is 32.9 Å². The Labute approximate surface area is 154 Å². The zero-order chi connectivity index (χ0) is 18.7. The number of hydrogen-bond acceptors (Lipinski definition) is 4. The molecule has 1 aromatic rings.